The van der Waals surface area contributed by atoms with Crippen LogP contribution in [0.2, 0.25) is 0 Å². The van der Waals surface area contributed by atoms with Crippen LogP contribution >= 0.6 is 0 Å². The maximum absolute atomic E-state index is 12.4. The number of nitrogens with zero attached hydrogens (tertiary/aromatic N) is 2. The van der Waals surface area contributed by atoms with Gasteiger partial charge in [-0.05, 0) is 11.6 Å². The van der Waals surface area contributed by atoms with E-state index in [-0.39, 0.29) is 5.92 Å². The molecule has 1 heterocycles. The molecule has 1 aromatic carbocycles. The summed E-state index contributed by atoms with van der Waals surface area (Å²) in [6.45, 7) is 0.682. The molecule has 2 rings (SSSR count). The van der Waals surface area contributed by atoms with E-state index in [9.17, 15) is 13.2 Å². The highest BCUT2D eigenvalue weighted by Crippen LogP contribution is 2.27. The number of alkyl halides is 3. The number of nitrogens with two attached hydrogens (primary N) is 1. The maximum Gasteiger partial charge on any atom is 0.435 e. The fourth-order valence-corrected chi connectivity index (χ4v) is 1.88. The van der Waals surface area contributed by atoms with E-state index < -0.39 is 11.9 Å². The van der Waals surface area contributed by atoms with Crippen LogP contribution in [0.1, 0.15) is 17.2 Å². The van der Waals surface area contributed by atoms with E-state index in [4.69, 9.17) is 5.73 Å². The average molecular weight is 269 g/mol. The van der Waals surface area contributed by atoms with Crippen LogP contribution in [0.25, 0.3) is 0 Å². The van der Waals surface area contributed by atoms with E-state index in [1.807, 2.05) is 30.3 Å². The van der Waals surface area contributed by atoms with Gasteiger partial charge in [0.15, 0.2) is 5.69 Å². The summed E-state index contributed by atoms with van der Waals surface area (Å²) in [4.78, 5) is 0. The number of aromatic nitrogens is 2. The van der Waals surface area contributed by atoms with E-state index >= 15 is 0 Å². The van der Waals surface area contributed by atoms with Gasteiger partial charge in [-0.25, -0.2) is 0 Å². The fourth-order valence-electron chi connectivity index (χ4n) is 1.88. The van der Waals surface area contributed by atoms with Gasteiger partial charge in [-0.3, -0.25) is 4.68 Å². The van der Waals surface area contributed by atoms with Crippen LogP contribution in [-0.4, -0.2) is 16.3 Å². The zero-order chi connectivity index (χ0) is 13.9. The van der Waals surface area contributed by atoms with Gasteiger partial charge in [-0.15, -0.1) is 0 Å². The van der Waals surface area contributed by atoms with Gasteiger partial charge in [-0.1, -0.05) is 30.3 Å². The standard InChI is InChI=1S/C13H14F3N3/c14-13(15,16)12-6-7-19(18-12)9-11(8-17)10-4-2-1-3-5-10/h1-7,11H,8-9,17H2. The SMILES string of the molecule is NCC(Cn1ccc(C(F)(F)F)n1)c1ccccc1. The van der Waals surface area contributed by atoms with E-state index in [0.29, 0.717) is 13.1 Å². The van der Waals surface area contributed by atoms with Crippen LogP contribution in [0, 0.1) is 0 Å². The molecule has 0 radical (unpaired) electrons. The largest absolute Gasteiger partial charge is 0.435 e. The van der Waals surface area contributed by atoms with Crippen molar-refractivity contribution < 1.29 is 13.2 Å². The second-order valence-corrected chi connectivity index (χ2v) is 4.26. The first-order chi connectivity index (χ1) is 9.00. The number of rotatable bonds is 4. The van der Waals surface area contributed by atoms with E-state index in [0.717, 1.165) is 11.6 Å². The third kappa shape index (κ3) is 3.35. The lowest BCUT2D eigenvalue weighted by Crippen LogP contribution is -2.19. The molecule has 0 amide bonds. The predicted octanol–water partition coefficient (Wildman–Crippen LogP) is 2.64. The molecule has 1 unspecified atom stereocenters. The molecule has 6 heteroatoms. The molecule has 19 heavy (non-hydrogen) atoms. The third-order valence-electron chi connectivity index (χ3n) is 2.89. The molecular formula is C13H14F3N3. The molecule has 0 saturated heterocycles. The molecule has 0 bridgehead atoms. The molecule has 0 spiro atoms. The minimum atomic E-state index is -4.41. The molecule has 1 atom stereocenters. The summed E-state index contributed by atoms with van der Waals surface area (Å²) < 4.78 is 38.6. The Kier molecular flexibility index (Phi) is 3.90. The zero-order valence-electron chi connectivity index (χ0n) is 10.1. The Morgan fingerprint density at radius 1 is 1.16 bits per heavy atom. The fraction of sp³-hybridized carbons (Fsp3) is 0.308. The highest BCUT2D eigenvalue weighted by atomic mass is 19.4. The first-order valence-corrected chi connectivity index (χ1v) is 5.86. The van der Waals surface area contributed by atoms with Crippen LogP contribution in [0.4, 0.5) is 13.2 Å². The lowest BCUT2D eigenvalue weighted by molar-refractivity contribution is -0.141. The molecule has 3 nitrogen and oxygen atoms in total. The van der Waals surface area contributed by atoms with E-state index in [1.54, 1.807) is 0 Å². The minimum Gasteiger partial charge on any atom is -0.330 e. The lowest BCUT2D eigenvalue weighted by atomic mass is 9.99. The summed E-state index contributed by atoms with van der Waals surface area (Å²) in [6, 6.07) is 10.4. The lowest BCUT2D eigenvalue weighted by Gasteiger charge is -2.15. The van der Waals surface area contributed by atoms with Crippen molar-refractivity contribution >= 4 is 0 Å². The number of hydrogen-bond acceptors (Lipinski definition) is 2. The Balaban J connectivity index is 2.13. The van der Waals surface area contributed by atoms with Crippen molar-refractivity contribution in [3.63, 3.8) is 0 Å². The smallest absolute Gasteiger partial charge is 0.330 e. The van der Waals surface area contributed by atoms with Gasteiger partial charge in [0, 0.05) is 25.2 Å². The summed E-state index contributed by atoms with van der Waals surface area (Å²) in [7, 11) is 0. The van der Waals surface area contributed by atoms with Crippen LogP contribution in [0.15, 0.2) is 42.6 Å². The first kappa shape index (κ1) is 13.6. The van der Waals surface area contributed by atoms with Crippen LogP contribution < -0.4 is 5.73 Å². The molecule has 0 aliphatic carbocycles. The monoisotopic (exact) mass is 269 g/mol. The van der Waals surface area contributed by atoms with Gasteiger partial charge in [0.2, 0.25) is 0 Å². The normalized spacial score (nSPS) is 13.5. The van der Waals surface area contributed by atoms with Crippen molar-refractivity contribution in [3.05, 3.63) is 53.9 Å². The van der Waals surface area contributed by atoms with Gasteiger partial charge in [0.1, 0.15) is 0 Å². The van der Waals surface area contributed by atoms with E-state index in [1.165, 1.54) is 10.9 Å². The summed E-state index contributed by atoms with van der Waals surface area (Å²) >= 11 is 0. The second-order valence-electron chi connectivity index (χ2n) is 4.26. The van der Waals surface area contributed by atoms with Gasteiger partial charge in [-0.2, -0.15) is 18.3 Å². The Morgan fingerprint density at radius 2 is 1.84 bits per heavy atom. The van der Waals surface area contributed by atoms with Crippen molar-refractivity contribution in [2.75, 3.05) is 6.54 Å². The summed E-state index contributed by atoms with van der Waals surface area (Å²) in [5, 5.41) is 3.53. The summed E-state index contributed by atoms with van der Waals surface area (Å²) in [5.41, 5.74) is 5.80. The molecule has 0 fully saturated rings. The topological polar surface area (TPSA) is 43.8 Å². The van der Waals surface area contributed by atoms with Gasteiger partial charge < -0.3 is 5.73 Å². The number of halogens is 3. The highest BCUT2D eigenvalue weighted by Gasteiger charge is 2.33. The summed E-state index contributed by atoms with van der Waals surface area (Å²) in [5.74, 6) is -0.0535. The molecular weight excluding hydrogens is 255 g/mol. The Bertz CT molecular complexity index is 519. The minimum absolute atomic E-state index is 0.0535. The Labute approximate surface area is 108 Å². The average Bonchev–Trinajstić information content (AvgIpc) is 2.85. The number of benzene rings is 1. The molecule has 102 valence electrons. The second kappa shape index (κ2) is 5.44. The van der Waals surface area contributed by atoms with Crippen molar-refractivity contribution in [2.24, 2.45) is 5.73 Å². The molecule has 2 N–H and O–H groups in total. The summed E-state index contributed by atoms with van der Waals surface area (Å²) in [6.07, 6.45) is -3.08. The highest BCUT2D eigenvalue weighted by molar-refractivity contribution is 5.19. The number of hydrogen-bond donors (Lipinski definition) is 1. The van der Waals surface area contributed by atoms with Crippen molar-refractivity contribution in [3.8, 4) is 0 Å². The van der Waals surface area contributed by atoms with Crippen LogP contribution in [-0.2, 0) is 12.7 Å². The van der Waals surface area contributed by atoms with Gasteiger partial charge >= 0.3 is 6.18 Å². The first-order valence-electron chi connectivity index (χ1n) is 5.86. The molecule has 0 aliphatic heterocycles. The molecule has 0 saturated carbocycles. The Hall–Kier alpha value is -1.82. The molecule has 0 aliphatic rings. The van der Waals surface area contributed by atoms with Crippen LogP contribution in [0.3, 0.4) is 0 Å². The predicted molar refractivity (Wildman–Crippen MR) is 65.5 cm³/mol. The van der Waals surface area contributed by atoms with E-state index in [2.05, 4.69) is 5.10 Å². The molecule has 2 aromatic rings. The van der Waals surface area contributed by atoms with Crippen molar-refractivity contribution in [1.29, 1.82) is 0 Å². The third-order valence-corrected chi connectivity index (χ3v) is 2.89. The Morgan fingerprint density at radius 3 is 2.37 bits per heavy atom. The maximum atomic E-state index is 12.4. The van der Waals surface area contributed by atoms with Crippen molar-refractivity contribution in [2.45, 2.75) is 18.6 Å². The quantitative estimate of drug-likeness (QED) is 0.927. The van der Waals surface area contributed by atoms with Gasteiger partial charge in [0.05, 0.1) is 0 Å². The van der Waals surface area contributed by atoms with Gasteiger partial charge in [0.25, 0.3) is 0 Å². The van der Waals surface area contributed by atoms with Crippen LogP contribution in [0.5, 0.6) is 0 Å². The zero-order valence-corrected chi connectivity index (χ0v) is 10.1. The van der Waals surface area contributed by atoms with Crippen molar-refractivity contribution in [1.82, 2.24) is 9.78 Å². The molecule has 1 aromatic heterocycles.